The van der Waals surface area contributed by atoms with Gasteiger partial charge in [-0.05, 0) is 22.9 Å². The maximum Gasteiger partial charge on any atom is 0.413 e. The first kappa shape index (κ1) is 8.90. The zero-order valence-electron chi connectivity index (χ0n) is 7.10. The molecule has 0 atom stereocenters. The third-order valence-electron chi connectivity index (χ3n) is 1.79. The fourth-order valence-corrected chi connectivity index (χ4v) is 1.45. The minimum Gasteiger partial charge on any atom is -0.853 e. The maximum absolute atomic E-state index is 11.5. The van der Waals surface area contributed by atoms with E-state index in [0.29, 0.717) is 15.8 Å². The number of hydrogen-bond acceptors (Lipinski definition) is 4. The van der Waals surface area contributed by atoms with E-state index < -0.39 is 5.88 Å². The van der Waals surface area contributed by atoms with Crippen LogP contribution in [0, 0.1) is 12.3 Å². The molecule has 14 heavy (non-hydrogen) atoms. The molecular formula is C7H4BrN5O. The predicted octanol–water partition coefficient (Wildman–Crippen LogP) is 1.36. The van der Waals surface area contributed by atoms with Crippen LogP contribution in [0.5, 0.6) is 5.88 Å². The molecule has 0 aliphatic rings. The average Bonchev–Trinajstić information content (AvgIpc) is 2.46. The molecule has 0 saturated carbocycles. The van der Waals surface area contributed by atoms with Gasteiger partial charge in [0.15, 0.2) is 10.6 Å². The number of aryl methyl sites for hydroxylation is 1. The number of rotatable bonds is 0. The monoisotopic (exact) mass is 253 g/mol. The van der Waals surface area contributed by atoms with Gasteiger partial charge in [0.2, 0.25) is 5.39 Å². The van der Waals surface area contributed by atoms with E-state index in [2.05, 4.69) is 31.0 Å². The van der Waals surface area contributed by atoms with E-state index in [1.165, 1.54) is 6.20 Å². The molecule has 0 N–H and O–H groups in total. The quantitative estimate of drug-likeness (QED) is 0.664. The van der Waals surface area contributed by atoms with E-state index in [1.54, 1.807) is 6.92 Å². The molecule has 0 bridgehead atoms. The van der Waals surface area contributed by atoms with Crippen LogP contribution >= 0.6 is 15.9 Å². The zero-order chi connectivity index (χ0) is 10.3. The van der Waals surface area contributed by atoms with Crippen molar-refractivity contribution in [2.45, 2.75) is 6.92 Å². The van der Waals surface area contributed by atoms with Gasteiger partial charge < -0.3 is 5.11 Å². The third-order valence-corrected chi connectivity index (χ3v) is 2.72. The largest absolute Gasteiger partial charge is 0.853 e. The molecule has 0 amide bonds. The molecular weight excluding hydrogens is 250 g/mol. The Morgan fingerprint density at radius 3 is 3.00 bits per heavy atom. The Balaban J connectivity index is 2.92. The van der Waals surface area contributed by atoms with Gasteiger partial charge in [-0.25, -0.2) is 9.50 Å². The van der Waals surface area contributed by atoms with E-state index in [1.807, 2.05) is 0 Å². The van der Waals surface area contributed by atoms with Crippen molar-refractivity contribution >= 4 is 27.3 Å². The fourth-order valence-electron chi connectivity index (χ4n) is 1.10. The molecule has 70 valence electrons. The van der Waals surface area contributed by atoms with Gasteiger partial charge in [0.05, 0.1) is 16.0 Å². The Morgan fingerprint density at radius 1 is 1.64 bits per heavy atom. The van der Waals surface area contributed by atoms with E-state index >= 15 is 0 Å². The molecule has 0 spiro atoms. The molecule has 7 heteroatoms. The van der Waals surface area contributed by atoms with E-state index in [0.717, 1.165) is 4.52 Å². The van der Waals surface area contributed by atoms with Crippen molar-refractivity contribution in [1.29, 1.82) is 5.39 Å². The Kier molecular flexibility index (Phi) is 1.86. The summed E-state index contributed by atoms with van der Waals surface area (Å²) in [5.41, 5.74) is 0.942. The molecule has 6 nitrogen and oxygen atoms in total. The molecule has 2 aromatic rings. The summed E-state index contributed by atoms with van der Waals surface area (Å²) in [5, 5.41) is 23.9. The lowest BCUT2D eigenvalue weighted by Gasteiger charge is -2.02. The predicted molar refractivity (Wildman–Crippen MR) is 49.6 cm³/mol. The highest BCUT2D eigenvalue weighted by molar-refractivity contribution is 9.10. The molecule has 0 radical (unpaired) electrons. The van der Waals surface area contributed by atoms with Crippen molar-refractivity contribution < 1.29 is 5.11 Å². The van der Waals surface area contributed by atoms with Gasteiger partial charge in [0.1, 0.15) is 6.20 Å². The van der Waals surface area contributed by atoms with Crippen LogP contribution in [0.15, 0.2) is 10.7 Å². The topological polar surface area (TPSA) is 81.4 Å². The van der Waals surface area contributed by atoms with Crippen LogP contribution in [-0.4, -0.2) is 14.6 Å². The lowest BCUT2D eigenvalue weighted by atomic mass is 10.5. The van der Waals surface area contributed by atoms with E-state index in [9.17, 15) is 5.11 Å². The highest BCUT2D eigenvalue weighted by Gasteiger charge is 2.15. The summed E-state index contributed by atoms with van der Waals surface area (Å²) in [4.78, 5) is 6.74. The van der Waals surface area contributed by atoms with Crippen LogP contribution in [0.3, 0.4) is 0 Å². The Bertz CT molecular complexity index is 555. The third kappa shape index (κ3) is 1.04. The summed E-state index contributed by atoms with van der Waals surface area (Å²) < 4.78 is 1.76. The molecule has 0 fully saturated rings. The van der Waals surface area contributed by atoms with Crippen molar-refractivity contribution in [3.63, 3.8) is 0 Å². The average molecular weight is 254 g/mol. The van der Waals surface area contributed by atoms with Crippen LogP contribution in [0.4, 0.5) is 5.69 Å². The van der Waals surface area contributed by atoms with Crippen LogP contribution in [0.1, 0.15) is 5.69 Å². The Morgan fingerprint density at radius 2 is 2.36 bits per heavy atom. The number of halogens is 1. The van der Waals surface area contributed by atoms with E-state index in [-0.39, 0.29) is 5.69 Å². The second-order valence-corrected chi connectivity index (χ2v) is 3.48. The number of fused-ring (bicyclic) bond motifs is 1. The van der Waals surface area contributed by atoms with Gasteiger partial charge in [-0.1, -0.05) is 0 Å². The summed E-state index contributed by atoms with van der Waals surface area (Å²) in [7, 11) is 0. The summed E-state index contributed by atoms with van der Waals surface area (Å²) in [6, 6.07) is 0. The minimum absolute atomic E-state index is 0.132. The van der Waals surface area contributed by atoms with Crippen molar-refractivity contribution in [1.82, 2.24) is 14.6 Å². The molecule has 0 aromatic carbocycles. The van der Waals surface area contributed by atoms with Crippen LogP contribution < -0.4 is 5.11 Å². The van der Waals surface area contributed by atoms with E-state index in [4.69, 9.17) is 5.39 Å². The molecule has 0 saturated heterocycles. The second-order valence-electron chi connectivity index (χ2n) is 2.68. The Hall–Kier alpha value is -1.68. The van der Waals surface area contributed by atoms with Gasteiger partial charge in [0.25, 0.3) is 0 Å². The molecule has 2 aromatic heterocycles. The molecule has 0 aliphatic heterocycles. The Labute approximate surface area is 86.9 Å². The summed E-state index contributed by atoms with van der Waals surface area (Å²) >= 11 is 3.25. The SMILES string of the molecule is Cc1nn2c([O-])c([N+]#N)cnc2c1Br. The van der Waals surface area contributed by atoms with Crippen molar-refractivity contribution in [3.8, 4) is 5.88 Å². The fraction of sp³-hybridized carbons (Fsp3) is 0.143. The minimum atomic E-state index is -0.494. The van der Waals surface area contributed by atoms with Gasteiger partial charge in [-0.2, -0.15) is 5.10 Å². The second kappa shape index (κ2) is 2.92. The first-order valence-electron chi connectivity index (χ1n) is 3.71. The number of hydrogen-bond donors (Lipinski definition) is 0. The number of aromatic nitrogens is 3. The highest BCUT2D eigenvalue weighted by atomic mass is 79.9. The van der Waals surface area contributed by atoms with Gasteiger partial charge in [-0.15, -0.1) is 0 Å². The summed E-state index contributed by atoms with van der Waals surface area (Å²) in [5.74, 6) is -0.494. The van der Waals surface area contributed by atoms with Crippen molar-refractivity contribution in [2.24, 2.45) is 0 Å². The highest BCUT2D eigenvalue weighted by Crippen LogP contribution is 2.27. The molecule has 2 heterocycles. The summed E-state index contributed by atoms with van der Waals surface area (Å²) in [6.45, 7) is 1.74. The first-order valence-corrected chi connectivity index (χ1v) is 4.50. The molecule has 0 aliphatic carbocycles. The lowest BCUT2D eigenvalue weighted by Crippen LogP contribution is -2.01. The maximum atomic E-state index is 11.5. The van der Waals surface area contributed by atoms with Gasteiger partial charge >= 0.3 is 5.69 Å². The zero-order valence-corrected chi connectivity index (χ0v) is 8.69. The first-order chi connectivity index (χ1) is 6.65. The number of nitrogens with zero attached hydrogens (tertiary/aromatic N) is 5. The van der Waals surface area contributed by atoms with Crippen LogP contribution in [0.25, 0.3) is 10.6 Å². The number of diazo groups is 1. The summed E-state index contributed by atoms with van der Waals surface area (Å²) in [6.07, 6.45) is 1.20. The van der Waals surface area contributed by atoms with Crippen molar-refractivity contribution in [2.75, 3.05) is 0 Å². The lowest BCUT2D eigenvalue weighted by molar-refractivity contribution is -0.276. The molecule has 2 rings (SSSR count). The van der Waals surface area contributed by atoms with Crippen molar-refractivity contribution in [3.05, 3.63) is 21.3 Å². The smallest absolute Gasteiger partial charge is 0.413 e. The normalized spacial score (nSPS) is 10.4. The van der Waals surface area contributed by atoms with Gasteiger partial charge in [-0.3, -0.25) is 0 Å². The van der Waals surface area contributed by atoms with Gasteiger partial charge in [0, 0.05) is 0 Å². The molecule has 0 unspecified atom stereocenters. The van der Waals surface area contributed by atoms with Crippen LogP contribution in [-0.2, 0) is 0 Å². The standard InChI is InChI=1S/C7H4BrN5O/c1-3-5(8)6-10-2-4(11-9)7(14)13(6)12-3/h2H,1H3. The van der Waals surface area contributed by atoms with Crippen LogP contribution in [0.2, 0.25) is 0 Å².